The summed E-state index contributed by atoms with van der Waals surface area (Å²) in [5, 5.41) is 0. The van der Waals surface area contributed by atoms with Crippen LogP contribution < -0.4 is 4.46 Å². The molecule has 0 aliphatic heterocycles. The van der Waals surface area contributed by atoms with Crippen molar-refractivity contribution in [1.82, 2.24) is 0 Å². The minimum atomic E-state index is 0.523. The van der Waals surface area contributed by atoms with E-state index >= 15 is 0 Å². The second-order valence-electron chi connectivity index (χ2n) is 2.19. The molecule has 0 N–H and O–H groups in total. The Balaban J connectivity index is 2.66. The number of rotatable bonds is 2. The van der Waals surface area contributed by atoms with Gasteiger partial charge in [-0.1, -0.05) is 0 Å². The van der Waals surface area contributed by atoms with E-state index in [1.54, 1.807) is 0 Å². The average Bonchev–Trinajstić information content (AvgIpc) is 2.04. The van der Waals surface area contributed by atoms with Crippen molar-refractivity contribution in [3.63, 3.8) is 0 Å². The van der Waals surface area contributed by atoms with Crippen LogP contribution in [0.1, 0.15) is 5.56 Å². The SMILES string of the molecule is Cc1ccc([Se]/C=C/I)cc1. The van der Waals surface area contributed by atoms with E-state index in [1.807, 2.05) is 0 Å². The Morgan fingerprint density at radius 2 is 1.91 bits per heavy atom. The monoisotopic (exact) mass is 324 g/mol. The fourth-order valence-electron chi connectivity index (χ4n) is 0.721. The van der Waals surface area contributed by atoms with E-state index in [1.165, 1.54) is 10.0 Å². The molecule has 58 valence electrons. The Kier molecular flexibility index (Phi) is 4.19. The normalized spacial score (nSPS) is 10.7. The summed E-state index contributed by atoms with van der Waals surface area (Å²) < 4.78 is 3.52. The van der Waals surface area contributed by atoms with Crippen LogP contribution in [-0.4, -0.2) is 15.0 Å². The van der Waals surface area contributed by atoms with E-state index < -0.39 is 0 Å². The zero-order chi connectivity index (χ0) is 8.10. The molecule has 1 rings (SSSR count). The summed E-state index contributed by atoms with van der Waals surface area (Å²) in [6.07, 6.45) is 0. The quantitative estimate of drug-likeness (QED) is 0.578. The standard InChI is InChI=1S/C9H9ISe/c1-8-2-4-9(5-3-8)11-7-6-10/h2-7H,1H3/b7-6+. The third kappa shape index (κ3) is 3.41. The zero-order valence-electron chi connectivity index (χ0n) is 6.25. The fourth-order valence-corrected chi connectivity index (χ4v) is 2.54. The number of aryl methyl sites for hydroxylation is 1. The van der Waals surface area contributed by atoms with E-state index in [4.69, 9.17) is 0 Å². The molecule has 0 aliphatic rings. The third-order valence-electron chi connectivity index (χ3n) is 1.28. The number of hydrogen-bond donors (Lipinski definition) is 0. The van der Waals surface area contributed by atoms with Gasteiger partial charge in [0.05, 0.1) is 0 Å². The summed E-state index contributed by atoms with van der Waals surface area (Å²) >= 11 is 2.78. The number of benzene rings is 1. The molecule has 1 aromatic rings. The van der Waals surface area contributed by atoms with Crippen molar-refractivity contribution in [3.05, 3.63) is 38.9 Å². The van der Waals surface area contributed by atoms with Gasteiger partial charge in [0.1, 0.15) is 0 Å². The summed E-state index contributed by atoms with van der Waals surface area (Å²) in [6, 6.07) is 8.73. The molecule has 0 spiro atoms. The Bertz CT molecular complexity index is 238. The molecule has 0 aliphatic carbocycles. The van der Waals surface area contributed by atoms with Gasteiger partial charge in [0.15, 0.2) is 0 Å². The molecule has 0 atom stereocenters. The number of hydrogen-bond acceptors (Lipinski definition) is 0. The first-order valence-electron chi connectivity index (χ1n) is 3.31. The van der Waals surface area contributed by atoms with E-state index in [9.17, 15) is 0 Å². The molecule has 0 aromatic heterocycles. The van der Waals surface area contributed by atoms with Gasteiger partial charge in [0.2, 0.25) is 0 Å². The summed E-state index contributed by atoms with van der Waals surface area (Å²) in [7, 11) is 0. The van der Waals surface area contributed by atoms with Crippen molar-refractivity contribution in [2.75, 3.05) is 0 Å². The maximum atomic E-state index is 2.26. The van der Waals surface area contributed by atoms with Gasteiger partial charge in [-0.25, -0.2) is 0 Å². The molecule has 0 nitrogen and oxygen atoms in total. The van der Waals surface area contributed by atoms with E-state index in [-0.39, 0.29) is 0 Å². The van der Waals surface area contributed by atoms with Crippen LogP contribution in [0.15, 0.2) is 33.3 Å². The molecular weight excluding hydrogens is 314 g/mol. The zero-order valence-corrected chi connectivity index (χ0v) is 10.1. The van der Waals surface area contributed by atoms with Crippen LogP contribution in [0.2, 0.25) is 0 Å². The van der Waals surface area contributed by atoms with Crippen molar-refractivity contribution >= 4 is 42.0 Å². The second-order valence-corrected chi connectivity index (χ2v) is 4.97. The Morgan fingerprint density at radius 3 is 2.45 bits per heavy atom. The molecule has 0 bridgehead atoms. The van der Waals surface area contributed by atoms with Crippen molar-refractivity contribution in [1.29, 1.82) is 0 Å². The molecule has 0 saturated heterocycles. The van der Waals surface area contributed by atoms with E-state index in [0.29, 0.717) is 15.0 Å². The van der Waals surface area contributed by atoms with E-state index in [2.05, 4.69) is 62.8 Å². The Morgan fingerprint density at radius 1 is 1.27 bits per heavy atom. The molecule has 1 aromatic carbocycles. The number of halogens is 1. The molecular formula is C9H9ISe. The van der Waals surface area contributed by atoms with Crippen molar-refractivity contribution in [2.45, 2.75) is 6.92 Å². The molecule has 0 unspecified atom stereocenters. The van der Waals surface area contributed by atoms with Crippen molar-refractivity contribution < 1.29 is 0 Å². The van der Waals surface area contributed by atoms with Crippen molar-refractivity contribution in [2.24, 2.45) is 0 Å². The Labute approximate surface area is 87.4 Å². The molecule has 11 heavy (non-hydrogen) atoms. The average molecular weight is 323 g/mol. The molecule has 0 fully saturated rings. The molecule has 2 heteroatoms. The summed E-state index contributed by atoms with van der Waals surface area (Å²) in [6.45, 7) is 2.12. The van der Waals surface area contributed by atoms with E-state index in [0.717, 1.165) is 0 Å². The van der Waals surface area contributed by atoms with Gasteiger partial charge in [0, 0.05) is 0 Å². The third-order valence-corrected chi connectivity index (χ3v) is 4.45. The van der Waals surface area contributed by atoms with Gasteiger partial charge >= 0.3 is 87.8 Å². The van der Waals surface area contributed by atoms with Crippen LogP contribution in [0, 0.1) is 6.92 Å². The first-order chi connectivity index (χ1) is 5.33. The predicted octanol–water partition coefficient (Wildman–Crippen LogP) is 2.23. The maximum absolute atomic E-state index is 2.26. The van der Waals surface area contributed by atoms with Crippen LogP contribution in [0.3, 0.4) is 0 Å². The van der Waals surface area contributed by atoms with Crippen molar-refractivity contribution in [3.8, 4) is 0 Å². The van der Waals surface area contributed by atoms with Crippen LogP contribution in [-0.2, 0) is 0 Å². The van der Waals surface area contributed by atoms with Gasteiger partial charge < -0.3 is 0 Å². The van der Waals surface area contributed by atoms with Crippen LogP contribution in [0.4, 0.5) is 0 Å². The van der Waals surface area contributed by atoms with Crippen LogP contribution in [0.5, 0.6) is 0 Å². The summed E-state index contributed by atoms with van der Waals surface area (Å²) in [5.41, 5.74) is 1.34. The predicted molar refractivity (Wildman–Crippen MR) is 59.7 cm³/mol. The molecule has 0 heterocycles. The molecule has 0 radical (unpaired) electrons. The first kappa shape index (κ1) is 9.30. The van der Waals surface area contributed by atoms with Gasteiger partial charge in [-0.2, -0.15) is 0 Å². The molecule has 0 amide bonds. The van der Waals surface area contributed by atoms with Gasteiger partial charge in [-0.3, -0.25) is 0 Å². The minimum absolute atomic E-state index is 0.523. The van der Waals surface area contributed by atoms with Gasteiger partial charge in [-0.05, 0) is 0 Å². The topological polar surface area (TPSA) is 0 Å². The Hall–Kier alpha value is 0.209. The summed E-state index contributed by atoms with van der Waals surface area (Å²) in [4.78, 5) is 2.22. The molecule has 0 saturated carbocycles. The van der Waals surface area contributed by atoms with Crippen LogP contribution >= 0.6 is 22.6 Å². The second kappa shape index (κ2) is 4.96. The first-order valence-corrected chi connectivity index (χ1v) is 6.40. The van der Waals surface area contributed by atoms with Gasteiger partial charge in [0.25, 0.3) is 0 Å². The fraction of sp³-hybridized carbons (Fsp3) is 0.111. The van der Waals surface area contributed by atoms with Gasteiger partial charge in [-0.15, -0.1) is 0 Å². The van der Waals surface area contributed by atoms with Crippen LogP contribution in [0.25, 0.3) is 0 Å². The summed E-state index contributed by atoms with van der Waals surface area (Å²) in [5.74, 6) is 0.